The van der Waals surface area contributed by atoms with Crippen LogP contribution in [0.3, 0.4) is 0 Å². The molecule has 1 heterocycles. The average Bonchev–Trinajstić information content (AvgIpc) is 2.48. The summed E-state index contributed by atoms with van der Waals surface area (Å²) in [4.78, 5) is 15.4. The third-order valence-corrected chi connectivity index (χ3v) is 3.29. The fourth-order valence-corrected chi connectivity index (χ4v) is 2.35. The molecular formula is C17H15NO2. The Morgan fingerprint density at radius 3 is 2.55 bits per heavy atom. The van der Waals surface area contributed by atoms with Crippen LogP contribution in [0.25, 0.3) is 22.0 Å². The lowest BCUT2D eigenvalue weighted by Gasteiger charge is -2.06. The van der Waals surface area contributed by atoms with Gasteiger partial charge in [-0.3, -0.25) is 4.79 Å². The molecule has 0 aliphatic carbocycles. The van der Waals surface area contributed by atoms with E-state index in [0.29, 0.717) is 12.0 Å². The zero-order chi connectivity index (χ0) is 13.9. The molecule has 0 atom stereocenters. The van der Waals surface area contributed by atoms with E-state index in [1.165, 1.54) is 0 Å². The standard InChI is InChI=1S/C17H15NO2/c1-20-11-14-10-17(19)15-9-13(7-8-16(15)18-14)12-5-3-2-4-6-12/h2-10H,11H2,1H3,(H,18,19). The lowest BCUT2D eigenvalue weighted by molar-refractivity contribution is 0.181. The minimum atomic E-state index is 0.0172. The predicted molar refractivity (Wildman–Crippen MR) is 80.7 cm³/mol. The maximum absolute atomic E-state index is 12.2. The van der Waals surface area contributed by atoms with E-state index in [-0.39, 0.29) is 5.43 Å². The summed E-state index contributed by atoms with van der Waals surface area (Å²) in [7, 11) is 1.61. The summed E-state index contributed by atoms with van der Waals surface area (Å²) in [6, 6.07) is 17.5. The second kappa shape index (κ2) is 5.31. The maximum atomic E-state index is 12.2. The van der Waals surface area contributed by atoms with Gasteiger partial charge in [0, 0.05) is 29.8 Å². The Kier molecular flexibility index (Phi) is 3.35. The van der Waals surface area contributed by atoms with Crippen LogP contribution in [-0.4, -0.2) is 12.1 Å². The number of nitrogens with one attached hydrogen (secondary N) is 1. The van der Waals surface area contributed by atoms with E-state index < -0.39 is 0 Å². The van der Waals surface area contributed by atoms with Crippen molar-refractivity contribution in [1.82, 2.24) is 4.98 Å². The van der Waals surface area contributed by atoms with Crippen LogP contribution < -0.4 is 5.43 Å². The molecule has 0 fully saturated rings. The highest BCUT2D eigenvalue weighted by Crippen LogP contribution is 2.22. The fraction of sp³-hybridized carbons (Fsp3) is 0.118. The van der Waals surface area contributed by atoms with Gasteiger partial charge in [0.2, 0.25) is 0 Å². The first-order chi connectivity index (χ1) is 9.78. The summed E-state index contributed by atoms with van der Waals surface area (Å²) in [5.74, 6) is 0. The maximum Gasteiger partial charge on any atom is 0.189 e. The molecule has 0 spiro atoms. The number of pyridine rings is 1. The predicted octanol–water partition coefficient (Wildman–Crippen LogP) is 3.34. The van der Waals surface area contributed by atoms with Crippen molar-refractivity contribution in [2.24, 2.45) is 0 Å². The number of ether oxygens (including phenoxy) is 1. The monoisotopic (exact) mass is 265 g/mol. The van der Waals surface area contributed by atoms with Crippen LogP contribution in [0.5, 0.6) is 0 Å². The van der Waals surface area contributed by atoms with Gasteiger partial charge in [-0.1, -0.05) is 36.4 Å². The van der Waals surface area contributed by atoms with E-state index in [9.17, 15) is 4.79 Å². The molecule has 0 amide bonds. The summed E-state index contributed by atoms with van der Waals surface area (Å²) in [6.07, 6.45) is 0. The molecular weight excluding hydrogens is 250 g/mol. The van der Waals surface area contributed by atoms with Gasteiger partial charge in [0.15, 0.2) is 5.43 Å². The van der Waals surface area contributed by atoms with Gasteiger partial charge in [-0.2, -0.15) is 0 Å². The molecule has 100 valence electrons. The van der Waals surface area contributed by atoms with Crippen molar-refractivity contribution in [3.63, 3.8) is 0 Å². The Morgan fingerprint density at radius 1 is 1.00 bits per heavy atom. The largest absolute Gasteiger partial charge is 0.378 e. The first-order valence-electron chi connectivity index (χ1n) is 6.48. The molecule has 0 saturated carbocycles. The Bertz CT molecular complexity index is 791. The number of fused-ring (bicyclic) bond motifs is 1. The number of H-pyrrole nitrogens is 1. The van der Waals surface area contributed by atoms with Gasteiger partial charge in [0.05, 0.1) is 6.61 Å². The van der Waals surface area contributed by atoms with Crippen molar-refractivity contribution >= 4 is 10.9 Å². The molecule has 1 N–H and O–H groups in total. The van der Waals surface area contributed by atoms with E-state index in [1.54, 1.807) is 13.2 Å². The molecule has 2 aromatic carbocycles. The van der Waals surface area contributed by atoms with Crippen molar-refractivity contribution in [2.45, 2.75) is 6.61 Å². The van der Waals surface area contributed by atoms with Crippen molar-refractivity contribution in [2.75, 3.05) is 7.11 Å². The highest BCUT2D eigenvalue weighted by molar-refractivity contribution is 5.84. The third-order valence-electron chi connectivity index (χ3n) is 3.29. The number of aromatic amines is 1. The fourth-order valence-electron chi connectivity index (χ4n) is 2.35. The summed E-state index contributed by atoms with van der Waals surface area (Å²) < 4.78 is 5.05. The third kappa shape index (κ3) is 2.36. The molecule has 0 saturated heterocycles. The molecule has 3 heteroatoms. The first kappa shape index (κ1) is 12.6. The molecule has 1 aromatic heterocycles. The minimum absolute atomic E-state index is 0.0172. The van der Waals surface area contributed by atoms with Gasteiger partial charge < -0.3 is 9.72 Å². The van der Waals surface area contributed by atoms with Crippen LogP contribution in [0, 0.1) is 0 Å². The summed E-state index contributed by atoms with van der Waals surface area (Å²) >= 11 is 0. The molecule has 3 aromatic rings. The number of benzene rings is 2. The molecule has 20 heavy (non-hydrogen) atoms. The molecule has 0 bridgehead atoms. The van der Waals surface area contributed by atoms with E-state index >= 15 is 0 Å². The molecule has 0 radical (unpaired) electrons. The Balaban J connectivity index is 2.15. The van der Waals surface area contributed by atoms with Crippen molar-refractivity contribution in [1.29, 1.82) is 0 Å². The Morgan fingerprint density at radius 2 is 1.80 bits per heavy atom. The second-order valence-electron chi connectivity index (χ2n) is 4.72. The zero-order valence-electron chi connectivity index (χ0n) is 11.2. The number of hydrogen-bond acceptors (Lipinski definition) is 2. The topological polar surface area (TPSA) is 42.1 Å². The second-order valence-corrected chi connectivity index (χ2v) is 4.72. The van der Waals surface area contributed by atoms with Gasteiger partial charge in [0.25, 0.3) is 0 Å². The number of rotatable bonds is 3. The Labute approximate surface area is 116 Å². The first-order valence-corrected chi connectivity index (χ1v) is 6.48. The van der Waals surface area contributed by atoms with E-state index in [0.717, 1.165) is 22.3 Å². The van der Waals surface area contributed by atoms with Crippen molar-refractivity contribution < 1.29 is 4.74 Å². The molecule has 3 rings (SSSR count). The summed E-state index contributed by atoms with van der Waals surface area (Å²) in [6.45, 7) is 0.408. The van der Waals surface area contributed by atoms with E-state index in [4.69, 9.17) is 4.74 Å². The van der Waals surface area contributed by atoms with Crippen molar-refractivity contribution in [3.05, 3.63) is 70.5 Å². The molecule has 0 unspecified atom stereocenters. The summed E-state index contributed by atoms with van der Waals surface area (Å²) in [5, 5.41) is 0.700. The summed E-state index contributed by atoms with van der Waals surface area (Å²) in [5.41, 5.74) is 3.79. The Hall–Kier alpha value is -2.39. The van der Waals surface area contributed by atoms with Gasteiger partial charge >= 0.3 is 0 Å². The lowest BCUT2D eigenvalue weighted by atomic mass is 10.0. The van der Waals surface area contributed by atoms with Gasteiger partial charge in [-0.05, 0) is 23.3 Å². The number of methoxy groups -OCH3 is 1. The quantitative estimate of drug-likeness (QED) is 0.789. The van der Waals surface area contributed by atoms with Crippen LogP contribution in [0.15, 0.2) is 59.4 Å². The van der Waals surface area contributed by atoms with Crippen LogP contribution >= 0.6 is 0 Å². The smallest absolute Gasteiger partial charge is 0.189 e. The highest BCUT2D eigenvalue weighted by atomic mass is 16.5. The van der Waals surface area contributed by atoms with E-state index in [1.807, 2.05) is 48.5 Å². The van der Waals surface area contributed by atoms with Crippen LogP contribution in [0.4, 0.5) is 0 Å². The average molecular weight is 265 g/mol. The van der Waals surface area contributed by atoms with Gasteiger partial charge in [-0.15, -0.1) is 0 Å². The molecule has 0 aliphatic rings. The SMILES string of the molecule is COCc1cc(=O)c2cc(-c3ccccc3)ccc2[nH]1. The highest BCUT2D eigenvalue weighted by Gasteiger charge is 2.04. The number of aromatic nitrogens is 1. The van der Waals surface area contributed by atoms with Gasteiger partial charge in [0.1, 0.15) is 0 Å². The zero-order valence-corrected chi connectivity index (χ0v) is 11.2. The van der Waals surface area contributed by atoms with Crippen LogP contribution in [0.1, 0.15) is 5.69 Å². The van der Waals surface area contributed by atoms with E-state index in [2.05, 4.69) is 4.98 Å². The minimum Gasteiger partial charge on any atom is -0.378 e. The molecule has 3 nitrogen and oxygen atoms in total. The number of hydrogen-bond donors (Lipinski definition) is 1. The van der Waals surface area contributed by atoms with Crippen LogP contribution in [-0.2, 0) is 11.3 Å². The lowest BCUT2D eigenvalue weighted by Crippen LogP contribution is -2.05. The van der Waals surface area contributed by atoms with Crippen LogP contribution in [0.2, 0.25) is 0 Å². The van der Waals surface area contributed by atoms with Crippen molar-refractivity contribution in [3.8, 4) is 11.1 Å². The normalized spacial score (nSPS) is 10.8. The molecule has 0 aliphatic heterocycles. The van der Waals surface area contributed by atoms with Gasteiger partial charge in [-0.25, -0.2) is 0 Å².